The minimum Gasteiger partial charge on any atom is -0.506 e. The molecule has 0 aliphatic carbocycles. The van der Waals surface area contributed by atoms with Crippen molar-refractivity contribution in [2.45, 2.75) is 0 Å². The average molecular weight is 275 g/mol. The molecule has 0 fully saturated rings. The molecule has 0 saturated carbocycles. The van der Waals surface area contributed by atoms with Gasteiger partial charge < -0.3 is 20.7 Å². The van der Waals surface area contributed by atoms with E-state index in [1.165, 1.54) is 6.07 Å². The molecule has 0 saturated heterocycles. The standard InChI is InChI=1S/C14H13NO5/c15-13(18)11-9-4-2-1-3-8(9)7-10(12(11)17)14(19)20-6-5-16/h1-4,7,16-17H,5-6H2,(H2,15,18). The van der Waals surface area contributed by atoms with Crippen LogP contribution >= 0.6 is 0 Å². The van der Waals surface area contributed by atoms with Crippen molar-refractivity contribution < 1.29 is 24.5 Å². The number of hydrogen-bond donors (Lipinski definition) is 3. The second-order valence-corrected chi connectivity index (χ2v) is 4.09. The molecular weight excluding hydrogens is 262 g/mol. The average Bonchev–Trinajstić information content (AvgIpc) is 2.43. The van der Waals surface area contributed by atoms with Crippen LogP contribution in [0.4, 0.5) is 0 Å². The lowest BCUT2D eigenvalue weighted by molar-refractivity contribution is 0.0430. The third kappa shape index (κ3) is 2.41. The molecule has 0 radical (unpaired) electrons. The Labute approximate surface area is 114 Å². The lowest BCUT2D eigenvalue weighted by Gasteiger charge is -2.11. The smallest absolute Gasteiger partial charge is 0.342 e. The summed E-state index contributed by atoms with van der Waals surface area (Å²) in [7, 11) is 0. The Morgan fingerprint density at radius 2 is 1.95 bits per heavy atom. The number of rotatable bonds is 4. The molecule has 0 spiro atoms. The van der Waals surface area contributed by atoms with Crippen LogP contribution < -0.4 is 5.73 Å². The fourth-order valence-electron chi connectivity index (χ4n) is 1.96. The minimum atomic E-state index is -0.837. The van der Waals surface area contributed by atoms with Crippen LogP contribution in [-0.4, -0.2) is 35.3 Å². The molecule has 2 aromatic carbocycles. The molecule has 6 heteroatoms. The van der Waals surface area contributed by atoms with Gasteiger partial charge in [-0.15, -0.1) is 0 Å². The number of carbonyl (C=O) groups is 2. The van der Waals surface area contributed by atoms with Gasteiger partial charge in [0.15, 0.2) is 0 Å². The van der Waals surface area contributed by atoms with E-state index in [2.05, 4.69) is 0 Å². The Balaban J connectivity index is 2.65. The number of nitrogens with two attached hydrogens (primary N) is 1. The number of benzene rings is 2. The zero-order chi connectivity index (χ0) is 14.7. The zero-order valence-electron chi connectivity index (χ0n) is 10.5. The molecule has 0 aromatic heterocycles. The lowest BCUT2D eigenvalue weighted by Crippen LogP contribution is -2.15. The van der Waals surface area contributed by atoms with Crippen LogP contribution in [0.1, 0.15) is 20.7 Å². The normalized spacial score (nSPS) is 10.4. The third-order valence-electron chi connectivity index (χ3n) is 2.81. The first kappa shape index (κ1) is 13.8. The second-order valence-electron chi connectivity index (χ2n) is 4.09. The molecule has 2 aromatic rings. The topological polar surface area (TPSA) is 110 Å². The van der Waals surface area contributed by atoms with E-state index in [0.29, 0.717) is 10.8 Å². The number of hydrogen-bond acceptors (Lipinski definition) is 5. The summed E-state index contributed by atoms with van der Waals surface area (Å²) in [6.07, 6.45) is 0. The largest absolute Gasteiger partial charge is 0.506 e. The summed E-state index contributed by atoms with van der Waals surface area (Å²) in [5, 5.41) is 19.7. The maximum Gasteiger partial charge on any atom is 0.342 e. The number of carbonyl (C=O) groups excluding carboxylic acids is 2. The van der Waals surface area contributed by atoms with Crippen LogP contribution in [0, 0.1) is 0 Å². The van der Waals surface area contributed by atoms with Crippen molar-refractivity contribution in [2.75, 3.05) is 13.2 Å². The highest BCUT2D eigenvalue weighted by Crippen LogP contribution is 2.31. The third-order valence-corrected chi connectivity index (χ3v) is 2.81. The van der Waals surface area contributed by atoms with Crippen molar-refractivity contribution in [1.29, 1.82) is 0 Å². The summed E-state index contributed by atoms with van der Waals surface area (Å²) >= 11 is 0. The number of aromatic hydroxyl groups is 1. The summed E-state index contributed by atoms with van der Waals surface area (Å²) in [4.78, 5) is 23.3. The van der Waals surface area contributed by atoms with Crippen LogP contribution in [0.15, 0.2) is 30.3 Å². The van der Waals surface area contributed by atoms with E-state index in [4.69, 9.17) is 15.6 Å². The van der Waals surface area contributed by atoms with Gasteiger partial charge in [0.2, 0.25) is 0 Å². The van der Waals surface area contributed by atoms with Crippen molar-refractivity contribution in [3.8, 4) is 5.75 Å². The van der Waals surface area contributed by atoms with Gasteiger partial charge in [0.25, 0.3) is 5.91 Å². The van der Waals surface area contributed by atoms with Gasteiger partial charge in [-0.25, -0.2) is 4.79 Å². The van der Waals surface area contributed by atoms with Crippen molar-refractivity contribution in [1.82, 2.24) is 0 Å². The van der Waals surface area contributed by atoms with Gasteiger partial charge in [-0.05, 0) is 16.8 Å². The molecule has 0 bridgehead atoms. The summed E-state index contributed by atoms with van der Waals surface area (Å²) in [5.74, 6) is -2.18. The first-order valence-electron chi connectivity index (χ1n) is 5.88. The van der Waals surface area contributed by atoms with Gasteiger partial charge in [0.05, 0.1) is 12.2 Å². The number of phenols is 1. The summed E-state index contributed by atoms with van der Waals surface area (Å²) in [6, 6.07) is 8.14. The predicted molar refractivity (Wildman–Crippen MR) is 71.5 cm³/mol. The quantitative estimate of drug-likeness (QED) is 0.715. The molecule has 20 heavy (non-hydrogen) atoms. The van der Waals surface area contributed by atoms with E-state index in [1.807, 2.05) is 0 Å². The number of aliphatic hydroxyl groups excluding tert-OH is 1. The molecule has 6 nitrogen and oxygen atoms in total. The number of primary amides is 1. The highest BCUT2D eigenvalue weighted by atomic mass is 16.5. The lowest BCUT2D eigenvalue weighted by atomic mass is 9.99. The molecule has 104 valence electrons. The number of esters is 1. The SMILES string of the molecule is NC(=O)c1c(O)c(C(=O)OCCO)cc2ccccc12. The molecule has 0 atom stereocenters. The van der Waals surface area contributed by atoms with Crippen LogP contribution in [0.5, 0.6) is 5.75 Å². The maximum absolute atomic E-state index is 11.8. The number of amides is 1. The van der Waals surface area contributed by atoms with Gasteiger partial charge in [-0.2, -0.15) is 0 Å². The first-order chi connectivity index (χ1) is 9.56. The van der Waals surface area contributed by atoms with E-state index in [0.717, 1.165) is 0 Å². The molecular formula is C14H13NO5. The van der Waals surface area contributed by atoms with Crippen molar-refractivity contribution in [2.24, 2.45) is 5.73 Å². The van der Waals surface area contributed by atoms with Crippen molar-refractivity contribution in [3.63, 3.8) is 0 Å². The molecule has 1 amide bonds. The summed E-state index contributed by atoms with van der Waals surface area (Å²) < 4.78 is 4.74. The van der Waals surface area contributed by atoms with Crippen LogP contribution in [0.3, 0.4) is 0 Å². The first-order valence-corrected chi connectivity index (χ1v) is 5.88. The Morgan fingerprint density at radius 3 is 2.60 bits per heavy atom. The molecule has 0 unspecified atom stereocenters. The fourth-order valence-corrected chi connectivity index (χ4v) is 1.96. The van der Waals surface area contributed by atoms with E-state index in [1.54, 1.807) is 24.3 Å². The Hall–Kier alpha value is -2.60. The van der Waals surface area contributed by atoms with Crippen LogP contribution in [0.25, 0.3) is 10.8 Å². The molecule has 4 N–H and O–H groups in total. The minimum absolute atomic E-state index is 0.126. The fraction of sp³-hybridized carbons (Fsp3) is 0.143. The summed E-state index contributed by atoms with van der Waals surface area (Å²) in [5.41, 5.74) is 4.97. The predicted octanol–water partition coefficient (Wildman–Crippen LogP) is 0.793. The summed E-state index contributed by atoms with van der Waals surface area (Å²) in [6.45, 7) is -0.528. The maximum atomic E-state index is 11.8. The number of aliphatic hydroxyl groups is 1. The van der Waals surface area contributed by atoms with Gasteiger partial charge in [-0.1, -0.05) is 24.3 Å². The monoisotopic (exact) mass is 275 g/mol. The highest BCUT2D eigenvalue weighted by Gasteiger charge is 2.21. The van der Waals surface area contributed by atoms with Crippen molar-refractivity contribution >= 4 is 22.6 Å². The van der Waals surface area contributed by atoms with Gasteiger partial charge >= 0.3 is 5.97 Å². The zero-order valence-corrected chi connectivity index (χ0v) is 10.5. The Morgan fingerprint density at radius 1 is 1.25 bits per heavy atom. The highest BCUT2D eigenvalue weighted by molar-refractivity contribution is 6.12. The second kappa shape index (κ2) is 5.58. The number of fused-ring (bicyclic) bond motifs is 1. The van der Waals surface area contributed by atoms with E-state index >= 15 is 0 Å². The van der Waals surface area contributed by atoms with E-state index in [-0.39, 0.29) is 24.3 Å². The molecule has 0 aliphatic heterocycles. The van der Waals surface area contributed by atoms with Crippen LogP contribution in [-0.2, 0) is 4.74 Å². The number of ether oxygens (including phenoxy) is 1. The van der Waals surface area contributed by atoms with Gasteiger partial charge in [0.1, 0.15) is 17.9 Å². The van der Waals surface area contributed by atoms with Gasteiger partial charge in [-0.3, -0.25) is 4.79 Å². The van der Waals surface area contributed by atoms with E-state index in [9.17, 15) is 14.7 Å². The Bertz CT molecular complexity index is 681. The van der Waals surface area contributed by atoms with Crippen molar-refractivity contribution in [3.05, 3.63) is 41.5 Å². The van der Waals surface area contributed by atoms with Gasteiger partial charge in [0, 0.05) is 0 Å². The Kier molecular flexibility index (Phi) is 3.86. The molecule has 2 rings (SSSR count). The molecule has 0 aliphatic rings. The molecule has 0 heterocycles. The van der Waals surface area contributed by atoms with Crippen LogP contribution in [0.2, 0.25) is 0 Å². The van der Waals surface area contributed by atoms with E-state index < -0.39 is 17.6 Å².